The summed E-state index contributed by atoms with van der Waals surface area (Å²) >= 11 is 5.90. The maximum atomic E-state index is 13.1. The number of likely N-dealkylation sites (tertiary alicyclic amines) is 1. The van der Waals surface area contributed by atoms with Crippen molar-refractivity contribution < 1.29 is 22.4 Å². The lowest BCUT2D eigenvalue weighted by atomic mass is 9.85. The molecular formula is C19H17ClF4N4O. The predicted molar refractivity (Wildman–Crippen MR) is 97.5 cm³/mol. The fourth-order valence-electron chi connectivity index (χ4n) is 3.96. The van der Waals surface area contributed by atoms with Gasteiger partial charge in [-0.2, -0.15) is 13.2 Å². The fourth-order valence-corrected chi connectivity index (χ4v) is 4.28. The number of rotatable bonds is 2. The number of benzene rings is 1. The predicted octanol–water partition coefficient (Wildman–Crippen LogP) is 3.57. The van der Waals surface area contributed by atoms with E-state index in [0.717, 1.165) is 12.3 Å². The second-order valence-corrected chi connectivity index (χ2v) is 7.52. The van der Waals surface area contributed by atoms with E-state index >= 15 is 0 Å². The summed E-state index contributed by atoms with van der Waals surface area (Å²) in [7, 11) is 0. The van der Waals surface area contributed by atoms with Gasteiger partial charge in [0.1, 0.15) is 5.82 Å². The van der Waals surface area contributed by atoms with Crippen molar-refractivity contribution in [3.63, 3.8) is 0 Å². The molecule has 0 saturated carbocycles. The van der Waals surface area contributed by atoms with Crippen molar-refractivity contribution in [1.29, 1.82) is 0 Å². The van der Waals surface area contributed by atoms with E-state index < -0.39 is 28.5 Å². The van der Waals surface area contributed by atoms with E-state index in [2.05, 4.69) is 15.8 Å². The van der Waals surface area contributed by atoms with Crippen LogP contribution in [0.1, 0.15) is 34.1 Å². The van der Waals surface area contributed by atoms with Crippen LogP contribution in [0.4, 0.5) is 17.6 Å². The van der Waals surface area contributed by atoms with Crippen LogP contribution in [0, 0.1) is 11.7 Å². The Bertz CT molecular complexity index is 921. The van der Waals surface area contributed by atoms with Gasteiger partial charge in [0, 0.05) is 25.0 Å². The van der Waals surface area contributed by atoms with Gasteiger partial charge in [-0.15, -0.1) is 0 Å². The van der Waals surface area contributed by atoms with Crippen molar-refractivity contribution in [2.75, 3.05) is 13.1 Å². The Morgan fingerprint density at radius 3 is 2.69 bits per heavy atom. The molecular weight excluding hydrogens is 412 g/mol. The maximum absolute atomic E-state index is 13.1. The molecule has 2 aliphatic rings. The van der Waals surface area contributed by atoms with Gasteiger partial charge in [-0.25, -0.2) is 9.82 Å². The second kappa shape index (κ2) is 7.55. The number of hydrogen-bond acceptors (Lipinski definition) is 4. The minimum atomic E-state index is -4.63. The SMILES string of the molecule is O=C(c1cccc(C(F)(F)F)c1Cl)N1CCC2C(C1)NNC2c1ccc(F)cn1. The first-order chi connectivity index (χ1) is 13.8. The van der Waals surface area contributed by atoms with E-state index in [1.807, 2.05) is 0 Å². The average molecular weight is 429 g/mol. The summed E-state index contributed by atoms with van der Waals surface area (Å²) in [6.07, 6.45) is -2.87. The number of amides is 1. The molecule has 5 nitrogen and oxygen atoms in total. The number of nitrogens with one attached hydrogen (secondary N) is 2. The molecule has 0 aliphatic carbocycles. The molecule has 3 unspecified atom stereocenters. The van der Waals surface area contributed by atoms with Crippen molar-refractivity contribution in [2.24, 2.45) is 5.92 Å². The monoisotopic (exact) mass is 428 g/mol. The molecule has 3 atom stereocenters. The summed E-state index contributed by atoms with van der Waals surface area (Å²) < 4.78 is 52.4. The molecule has 2 N–H and O–H groups in total. The number of carbonyl (C=O) groups excluding carboxylic acids is 1. The van der Waals surface area contributed by atoms with Crippen LogP contribution >= 0.6 is 11.6 Å². The van der Waals surface area contributed by atoms with Crippen LogP contribution < -0.4 is 10.9 Å². The zero-order chi connectivity index (χ0) is 20.8. The molecule has 0 bridgehead atoms. The van der Waals surface area contributed by atoms with Crippen molar-refractivity contribution in [3.05, 3.63) is 64.2 Å². The van der Waals surface area contributed by atoms with Crippen LogP contribution in [0.15, 0.2) is 36.5 Å². The Balaban J connectivity index is 1.50. The van der Waals surface area contributed by atoms with Gasteiger partial charge in [0.05, 0.1) is 34.1 Å². The molecule has 10 heteroatoms. The normalized spacial score (nSPS) is 24.4. The molecule has 2 aliphatic heterocycles. The van der Waals surface area contributed by atoms with Gasteiger partial charge in [-0.3, -0.25) is 15.2 Å². The summed E-state index contributed by atoms with van der Waals surface area (Å²) in [5.74, 6) is -0.853. The first-order valence-electron chi connectivity index (χ1n) is 9.03. The molecule has 1 amide bonds. The summed E-state index contributed by atoms with van der Waals surface area (Å²) in [6, 6.07) is 6.03. The Hall–Kier alpha value is -2.23. The van der Waals surface area contributed by atoms with Crippen LogP contribution in [0.5, 0.6) is 0 Å². The third kappa shape index (κ3) is 3.82. The lowest BCUT2D eigenvalue weighted by Crippen LogP contribution is -2.49. The van der Waals surface area contributed by atoms with Crippen LogP contribution in [0.3, 0.4) is 0 Å². The molecule has 3 heterocycles. The van der Waals surface area contributed by atoms with Crippen molar-refractivity contribution in [3.8, 4) is 0 Å². The molecule has 2 fully saturated rings. The highest BCUT2D eigenvalue weighted by atomic mass is 35.5. The summed E-state index contributed by atoms with van der Waals surface area (Å²) in [6.45, 7) is 0.675. The summed E-state index contributed by atoms with van der Waals surface area (Å²) in [4.78, 5) is 18.5. The molecule has 0 spiro atoms. The van der Waals surface area contributed by atoms with Crippen LogP contribution in [0.2, 0.25) is 5.02 Å². The fraction of sp³-hybridized carbons (Fsp3) is 0.368. The van der Waals surface area contributed by atoms with Crippen LogP contribution in [-0.4, -0.2) is 34.9 Å². The van der Waals surface area contributed by atoms with Gasteiger partial charge >= 0.3 is 6.18 Å². The van der Waals surface area contributed by atoms with E-state index in [-0.39, 0.29) is 23.6 Å². The van der Waals surface area contributed by atoms with Gasteiger partial charge in [0.2, 0.25) is 0 Å². The summed E-state index contributed by atoms with van der Waals surface area (Å²) in [5, 5.41) is -0.585. The smallest absolute Gasteiger partial charge is 0.337 e. The van der Waals surface area contributed by atoms with Gasteiger partial charge in [0.15, 0.2) is 0 Å². The lowest BCUT2D eigenvalue weighted by molar-refractivity contribution is -0.137. The van der Waals surface area contributed by atoms with Gasteiger partial charge < -0.3 is 4.90 Å². The standard InChI is InChI=1S/C19H17ClF4N4O/c20-16-12(2-1-3-13(16)19(22,23)24)18(29)28-7-6-11-15(9-28)26-27-17(11)14-5-4-10(21)8-25-14/h1-5,8,11,15,17,26-27H,6-7,9H2. The molecule has 0 radical (unpaired) electrons. The third-order valence-electron chi connectivity index (χ3n) is 5.41. The first kappa shape index (κ1) is 20.1. The number of carbonyl (C=O) groups is 1. The number of fused-ring (bicyclic) bond motifs is 1. The molecule has 29 heavy (non-hydrogen) atoms. The lowest BCUT2D eigenvalue weighted by Gasteiger charge is -2.36. The molecule has 4 rings (SSSR count). The number of hydrazine groups is 1. The van der Waals surface area contributed by atoms with E-state index in [1.54, 1.807) is 6.07 Å². The van der Waals surface area contributed by atoms with Crippen LogP contribution in [0.25, 0.3) is 0 Å². The third-order valence-corrected chi connectivity index (χ3v) is 5.82. The van der Waals surface area contributed by atoms with Gasteiger partial charge in [-0.05, 0) is 30.7 Å². The Morgan fingerprint density at radius 1 is 1.21 bits per heavy atom. The Morgan fingerprint density at radius 2 is 2.00 bits per heavy atom. The summed E-state index contributed by atoms with van der Waals surface area (Å²) in [5.41, 5.74) is 5.74. The number of halogens is 5. The van der Waals surface area contributed by atoms with E-state index in [9.17, 15) is 22.4 Å². The maximum Gasteiger partial charge on any atom is 0.417 e. The number of piperidine rings is 1. The first-order valence-corrected chi connectivity index (χ1v) is 9.41. The van der Waals surface area contributed by atoms with Crippen LogP contribution in [-0.2, 0) is 6.18 Å². The van der Waals surface area contributed by atoms with Gasteiger partial charge in [0.25, 0.3) is 5.91 Å². The van der Waals surface area contributed by atoms with E-state index in [1.165, 1.54) is 23.1 Å². The number of aromatic nitrogens is 1. The average Bonchev–Trinajstić information content (AvgIpc) is 3.10. The quantitative estimate of drug-likeness (QED) is 0.718. The van der Waals surface area contributed by atoms with Crippen molar-refractivity contribution >= 4 is 17.5 Å². The Labute approximate surface area is 169 Å². The second-order valence-electron chi connectivity index (χ2n) is 7.14. The number of pyridine rings is 1. The zero-order valence-electron chi connectivity index (χ0n) is 15.0. The molecule has 154 valence electrons. The molecule has 2 aromatic rings. The largest absolute Gasteiger partial charge is 0.417 e. The molecule has 2 saturated heterocycles. The minimum absolute atomic E-state index is 0.106. The molecule has 1 aromatic carbocycles. The van der Waals surface area contributed by atoms with Crippen molar-refractivity contribution in [1.82, 2.24) is 20.7 Å². The zero-order valence-corrected chi connectivity index (χ0v) is 15.8. The molecule has 1 aromatic heterocycles. The highest BCUT2D eigenvalue weighted by Crippen LogP contribution is 2.38. The minimum Gasteiger partial charge on any atom is -0.337 e. The van der Waals surface area contributed by atoms with E-state index in [0.29, 0.717) is 25.2 Å². The number of nitrogens with zero attached hydrogens (tertiary/aromatic N) is 2. The number of hydrogen-bond donors (Lipinski definition) is 2. The Kier molecular flexibility index (Phi) is 5.22. The van der Waals surface area contributed by atoms with Gasteiger partial charge in [-0.1, -0.05) is 17.7 Å². The topological polar surface area (TPSA) is 57.3 Å². The highest BCUT2D eigenvalue weighted by molar-refractivity contribution is 6.34. The van der Waals surface area contributed by atoms with Crippen molar-refractivity contribution in [2.45, 2.75) is 24.7 Å². The highest BCUT2D eigenvalue weighted by Gasteiger charge is 2.42. The van der Waals surface area contributed by atoms with E-state index in [4.69, 9.17) is 11.6 Å². The number of alkyl halides is 3.